The summed E-state index contributed by atoms with van der Waals surface area (Å²) >= 11 is 5.72. The van der Waals surface area contributed by atoms with Gasteiger partial charge in [-0.3, -0.25) is 0 Å². The van der Waals surface area contributed by atoms with Gasteiger partial charge in [-0.05, 0) is 48.4 Å². The van der Waals surface area contributed by atoms with Crippen molar-refractivity contribution < 1.29 is 9.15 Å². The van der Waals surface area contributed by atoms with E-state index in [-0.39, 0.29) is 6.04 Å². The molecule has 0 unspecified atom stereocenters. The van der Waals surface area contributed by atoms with Crippen molar-refractivity contribution in [2.24, 2.45) is 0 Å². The van der Waals surface area contributed by atoms with Gasteiger partial charge in [0, 0.05) is 6.04 Å². The fourth-order valence-electron chi connectivity index (χ4n) is 1.73. The van der Waals surface area contributed by atoms with Gasteiger partial charge in [-0.1, -0.05) is 12.1 Å². The number of halogens is 1. The van der Waals surface area contributed by atoms with E-state index in [2.05, 4.69) is 18.3 Å². The Labute approximate surface area is 112 Å². The number of hydrogen-bond donors (Lipinski definition) is 1. The first kappa shape index (κ1) is 13.0. The zero-order valence-electron chi connectivity index (χ0n) is 10.4. The summed E-state index contributed by atoms with van der Waals surface area (Å²) in [6.07, 6.45) is 0. The molecule has 0 aliphatic heterocycles. The standard InChI is InChI=1S/C14H16ClNO2/c1-10(11-4-3-5-12(8-11)17-2)16-9-13-6-7-14(15)18-13/h3-8,10,16H,9H2,1-2H3/t10-/m1/s1. The monoisotopic (exact) mass is 265 g/mol. The molecule has 1 aromatic heterocycles. The fourth-order valence-corrected chi connectivity index (χ4v) is 1.89. The molecule has 0 radical (unpaired) electrons. The molecular weight excluding hydrogens is 250 g/mol. The lowest BCUT2D eigenvalue weighted by atomic mass is 10.1. The summed E-state index contributed by atoms with van der Waals surface area (Å²) in [5, 5.41) is 3.79. The summed E-state index contributed by atoms with van der Waals surface area (Å²) in [5.74, 6) is 1.69. The number of benzene rings is 1. The van der Waals surface area contributed by atoms with Crippen LogP contribution in [-0.2, 0) is 6.54 Å². The molecule has 1 heterocycles. The number of nitrogens with one attached hydrogen (secondary N) is 1. The summed E-state index contributed by atoms with van der Waals surface area (Å²) < 4.78 is 10.5. The van der Waals surface area contributed by atoms with Crippen molar-refractivity contribution in [2.75, 3.05) is 7.11 Å². The predicted octanol–water partition coefficient (Wildman–Crippen LogP) is 3.79. The Hall–Kier alpha value is -1.45. The zero-order chi connectivity index (χ0) is 13.0. The third kappa shape index (κ3) is 3.28. The van der Waals surface area contributed by atoms with Gasteiger partial charge >= 0.3 is 0 Å². The largest absolute Gasteiger partial charge is 0.497 e. The van der Waals surface area contributed by atoms with Crippen LogP contribution >= 0.6 is 11.6 Å². The highest BCUT2D eigenvalue weighted by atomic mass is 35.5. The van der Waals surface area contributed by atoms with Gasteiger partial charge in [0.25, 0.3) is 0 Å². The van der Waals surface area contributed by atoms with Crippen molar-refractivity contribution in [3.05, 3.63) is 52.9 Å². The lowest BCUT2D eigenvalue weighted by molar-refractivity contribution is 0.412. The Kier molecular flexibility index (Phi) is 4.28. The van der Waals surface area contributed by atoms with E-state index in [1.807, 2.05) is 24.3 Å². The molecule has 2 aromatic rings. The Bertz CT molecular complexity index is 510. The molecule has 96 valence electrons. The Balaban J connectivity index is 1.96. The maximum atomic E-state index is 5.72. The van der Waals surface area contributed by atoms with Crippen molar-refractivity contribution in [1.29, 1.82) is 0 Å². The first-order chi connectivity index (χ1) is 8.69. The molecule has 18 heavy (non-hydrogen) atoms. The quantitative estimate of drug-likeness (QED) is 0.893. The van der Waals surface area contributed by atoms with Crippen LogP contribution in [0.5, 0.6) is 5.75 Å². The minimum Gasteiger partial charge on any atom is -0.497 e. The molecule has 0 saturated heterocycles. The van der Waals surface area contributed by atoms with E-state index < -0.39 is 0 Å². The molecule has 0 amide bonds. The molecule has 0 spiro atoms. The van der Waals surface area contributed by atoms with E-state index in [9.17, 15) is 0 Å². The SMILES string of the molecule is COc1cccc([C@@H](C)NCc2ccc(Cl)o2)c1. The van der Waals surface area contributed by atoms with Crippen LogP contribution in [-0.4, -0.2) is 7.11 Å². The van der Waals surface area contributed by atoms with Crippen molar-refractivity contribution in [2.45, 2.75) is 19.5 Å². The molecule has 0 aliphatic carbocycles. The topological polar surface area (TPSA) is 34.4 Å². The van der Waals surface area contributed by atoms with Crippen LogP contribution in [0.25, 0.3) is 0 Å². The molecule has 0 aliphatic rings. The molecule has 3 nitrogen and oxygen atoms in total. The van der Waals surface area contributed by atoms with Crippen LogP contribution in [0.1, 0.15) is 24.3 Å². The number of methoxy groups -OCH3 is 1. The van der Waals surface area contributed by atoms with Gasteiger partial charge in [0.1, 0.15) is 11.5 Å². The summed E-state index contributed by atoms with van der Waals surface area (Å²) in [6.45, 7) is 2.74. The van der Waals surface area contributed by atoms with Crippen LogP contribution in [0.2, 0.25) is 5.22 Å². The predicted molar refractivity (Wildman–Crippen MR) is 72.0 cm³/mol. The van der Waals surface area contributed by atoms with Crippen LogP contribution in [0, 0.1) is 0 Å². The summed E-state index contributed by atoms with van der Waals surface area (Å²) in [4.78, 5) is 0. The van der Waals surface area contributed by atoms with Crippen molar-refractivity contribution in [1.82, 2.24) is 5.32 Å². The molecule has 4 heteroatoms. The van der Waals surface area contributed by atoms with Gasteiger partial charge in [0.15, 0.2) is 5.22 Å². The second-order valence-electron chi connectivity index (χ2n) is 4.09. The van der Waals surface area contributed by atoms with E-state index in [0.29, 0.717) is 11.8 Å². The second kappa shape index (κ2) is 5.94. The van der Waals surface area contributed by atoms with Gasteiger partial charge in [0.2, 0.25) is 0 Å². The van der Waals surface area contributed by atoms with Gasteiger partial charge < -0.3 is 14.5 Å². The Morgan fingerprint density at radius 1 is 1.33 bits per heavy atom. The third-order valence-electron chi connectivity index (χ3n) is 2.81. The highest BCUT2D eigenvalue weighted by Gasteiger charge is 2.07. The average molecular weight is 266 g/mol. The molecule has 1 N–H and O–H groups in total. The van der Waals surface area contributed by atoms with E-state index in [4.69, 9.17) is 20.8 Å². The van der Waals surface area contributed by atoms with Gasteiger partial charge in [-0.25, -0.2) is 0 Å². The van der Waals surface area contributed by atoms with E-state index in [1.165, 1.54) is 5.56 Å². The highest BCUT2D eigenvalue weighted by molar-refractivity contribution is 6.28. The van der Waals surface area contributed by atoms with E-state index in [1.54, 1.807) is 13.2 Å². The maximum Gasteiger partial charge on any atom is 0.193 e. The summed E-state index contributed by atoms with van der Waals surface area (Å²) in [6, 6.07) is 11.8. The van der Waals surface area contributed by atoms with Crippen LogP contribution < -0.4 is 10.1 Å². The lowest BCUT2D eigenvalue weighted by Crippen LogP contribution is -2.17. The second-order valence-corrected chi connectivity index (χ2v) is 4.46. The number of rotatable bonds is 5. The van der Waals surface area contributed by atoms with Crippen molar-refractivity contribution in [3.63, 3.8) is 0 Å². The third-order valence-corrected chi connectivity index (χ3v) is 3.01. The van der Waals surface area contributed by atoms with Gasteiger partial charge in [-0.15, -0.1) is 0 Å². The normalized spacial score (nSPS) is 12.4. The van der Waals surface area contributed by atoms with Gasteiger partial charge in [0.05, 0.1) is 13.7 Å². The zero-order valence-corrected chi connectivity index (χ0v) is 11.2. The molecule has 2 rings (SSSR count). The Morgan fingerprint density at radius 3 is 2.83 bits per heavy atom. The molecule has 0 bridgehead atoms. The molecule has 1 aromatic carbocycles. The number of hydrogen-bond acceptors (Lipinski definition) is 3. The molecule has 0 saturated carbocycles. The Morgan fingerprint density at radius 2 is 2.17 bits per heavy atom. The first-order valence-corrected chi connectivity index (χ1v) is 6.18. The van der Waals surface area contributed by atoms with Crippen LogP contribution in [0.4, 0.5) is 0 Å². The number of furan rings is 1. The number of ether oxygens (including phenoxy) is 1. The smallest absolute Gasteiger partial charge is 0.193 e. The highest BCUT2D eigenvalue weighted by Crippen LogP contribution is 2.20. The minimum absolute atomic E-state index is 0.212. The molecular formula is C14H16ClNO2. The average Bonchev–Trinajstić information content (AvgIpc) is 2.82. The van der Waals surface area contributed by atoms with E-state index >= 15 is 0 Å². The van der Waals surface area contributed by atoms with Crippen molar-refractivity contribution in [3.8, 4) is 5.75 Å². The van der Waals surface area contributed by atoms with Crippen LogP contribution in [0.3, 0.4) is 0 Å². The van der Waals surface area contributed by atoms with Crippen LogP contribution in [0.15, 0.2) is 40.8 Å². The van der Waals surface area contributed by atoms with Gasteiger partial charge in [-0.2, -0.15) is 0 Å². The summed E-state index contributed by atoms with van der Waals surface area (Å²) in [7, 11) is 1.67. The lowest BCUT2D eigenvalue weighted by Gasteiger charge is -2.14. The van der Waals surface area contributed by atoms with Crippen molar-refractivity contribution >= 4 is 11.6 Å². The summed E-state index contributed by atoms with van der Waals surface area (Å²) in [5.41, 5.74) is 1.17. The molecule has 1 atom stereocenters. The first-order valence-electron chi connectivity index (χ1n) is 5.80. The minimum atomic E-state index is 0.212. The maximum absolute atomic E-state index is 5.72. The van der Waals surface area contributed by atoms with E-state index in [0.717, 1.165) is 11.5 Å². The molecule has 0 fully saturated rings. The fraction of sp³-hybridized carbons (Fsp3) is 0.286.